The van der Waals surface area contributed by atoms with Crippen molar-refractivity contribution in [3.63, 3.8) is 0 Å². The van der Waals surface area contributed by atoms with Gasteiger partial charge in [-0.25, -0.2) is 0 Å². The number of nitrogens with one attached hydrogen (secondary N) is 2. The quantitative estimate of drug-likeness (QED) is 0.699. The number of benzene rings is 1. The largest absolute Gasteiger partial charge is 0.315 e. The molecule has 2 aromatic rings. The number of rotatable bonds is 9. The fourth-order valence-corrected chi connectivity index (χ4v) is 2.56. The maximum atomic E-state index is 4.36. The Morgan fingerprint density at radius 2 is 2.09 bits per heavy atom. The molecule has 22 heavy (non-hydrogen) atoms. The summed E-state index contributed by atoms with van der Waals surface area (Å²) in [5.74, 6) is 0. The van der Waals surface area contributed by atoms with E-state index in [-0.39, 0.29) is 0 Å². The van der Waals surface area contributed by atoms with Crippen LogP contribution in [0, 0.1) is 0 Å². The summed E-state index contributed by atoms with van der Waals surface area (Å²) in [7, 11) is 2.02. The predicted molar refractivity (Wildman–Crippen MR) is 92.9 cm³/mol. The first kappa shape index (κ1) is 16.7. The minimum absolute atomic E-state index is 0.332. The van der Waals surface area contributed by atoms with Gasteiger partial charge in [0.1, 0.15) is 0 Å². The van der Waals surface area contributed by atoms with Gasteiger partial charge < -0.3 is 10.6 Å². The van der Waals surface area contributed by atoms with E-state index in [1.165, 1.54) is 29.5 Å². The highest BCUT2D eigenvalue weighted by molar-refractivity contribution is 5.62. The lowest BCUT2D eigenvalue weighted by Gasteiger charge is -2.18. The van der Waals surface area contributed by atoms with E-state index in [1.54, 1.807) is 0 Å². The van der Waals surface area contributed by atoms with Crippen LogP contribution < -0.4 is 10.6 Å². The van der Waals surface area contributed by atoms with Crippen molar-refractivity contribution in [2.75, 3.05) is 20.1 Å². The number of unbranched alkanes of at least 4 members (excludes halogenated alkanes) is 1. The number of likely N-dealkylation sites (N-methyl/N-ethyl adjacent to an activating group) is 1. The van der Waals surface area contributed by atoms with Crippen molar-refractivity contribution in [1.29, 1.82) is 0 Å². The van der Waals surface area contributed by atoms with Crippen molar-refractivity contribution in [2.45, 2.75) is 39.3 Å². The van der Waals surface area contributed by atoms with E-state index in [1.807, 2.05) is 17.9 Å². The lowest BCUT2D eigenvalue weighted by Crippen LogP contribution is -2.30. The van der Waals surface area contributed by atoms with Crippen molar-refractivity contribution >= 4 is 0 Å². The average molecular weight is 300 g/mol. The van der Waals surface area contributed by atoms with Crippen LogP contribution in [0.1, 0.15) is 38.3 Å². The first-order valence-electron chi connectivity index (χ1n) is 8.29. The summed E-state index contributed by atoms with van der Waals surface area (Å²) in [6.07, 6.45) is 6.50. The van der Waals surface area contributed by atoms with E-state index in [9.17, 15) is 0 Å². The molecule has 2 N–H and O–H groups in total. The van der Waals surface area contributed by atoms with Crippen molar-refractivity contribution in [2.24, 2.45) is 0 Å². The molecule has 0 saturated carbocycles. The summed E-state index contributed by atoms with van der Waals surface area (Å²) < 4.78 is 1.96. The van der Waals surface area contributed by atoms with E-state index >= 15 is 0 Å². The molecule has 0 aliphatic heterocycles. The molecule has 0 aliphatic rings. The Morgan fingerprint density at radius 1 is 1.23 bits per heavy atom. The topological polar surface area (TPSA) is 41.9 Å². The predicted octanol–water partition coefficient (Wildman–Crippen LogP) is 3.22. The molecule has 0 aliphatic carbocycles. The number of nitrogens with zero attached hydrogens (tertiary/aromatic N) is 2. The smallest absolute Gasteiger partial charge is 0.0568 e. The average Bonchev–Trinajstić information content (AvgIpc) is 3.04. The molecule has 0 amide bonds. The standard InChI is InChI=1S/C18H28N4/c1-4-6-10-20-13-18(19-3)16-9-7-8-15(11-16)17-12-21-22(5-2)14-17/h7-9,11-12,14,18-20H,4-6,10,13H2,1-3H3/t18-/m0/s1. The molecule has 120 valence electrons. The monoisotopic (exact) mass is 300 g/mol. The first-order valence-corrected chi connectivity index (χ1v) is 8.29. The zero-order valence-electron chi connectivity index (χ0n) is 14.0. The van der Waals surface area contributed by atoms with E-state index < -0.39 is 0 Å². The third-order valence-corrected chi connectivity index (χ3v) is 3.98. The molecule has 4 heteroatoms. The van der Waals surface area contributed by atoms with Crippen molar-refractivity contribution in [1.82, 2.24) is 20.4 Å². The van der Waals surface area contributed by atoms with Gasteiger partial charge in [-0.05, 0) is 44.1 Å². The van der Waals surface area contributed by atoms with E-state index in [0.29, 0.717) is 6.04 Å². The Kier molecular flexibility index (Phi) is 6.62. The van der Waals surface area contributed by atoms with Gasteiger partial charge in [-0.3, -0.25) is 4.68 Å². The molecular formula is C18H28N4. The maximum absolute atomic E-state index is 4.36. The van der Waals surface area contributed by atoms with Gasteiger partial charge in [0.15, 0.2) is 0 Å². The van der Waals surface area contributed by atoms with Gasteiger partial charge in [-0.15, -0.1) is 0 Å². The van der Waals surface area contributed by atoms with E-state index in [2.05, 4.69) is 60.0 Å². The lowest BCUT2D eigenvalue weighted by molar-refractivity contribution is 0.520. The molecular weight excluding hydrogens is 272 g/mol. The van der Waals surface area contributed by atoms with Crippen LogP contribution in [0.4, 0.5) is 0 Å². The summed E-state index contributed by atoms with van der Waals surface area (Å²) in [6, 6.07) is 9.07. The summed E-state index contributed by atoms with van der Waals surface area (Å²) in [4.78, 5) is 0. The molecule has 2 rings (SSSR count). The molecule has 0 saturated heterocycles. The van der Waals surface area contributed by atoms with Crippen molar-refractivity contribution < 1.29 is 0 Å². The van der Waals surface area contributed by atoms with Crippen LogP contribution in [0.3, 0.4) is 0 Å². The SMILES string of the molecule is CCCCNC[C@H](NC)c1cccc(-c2cnn(CC)c2)c1. The Morgan fingerprint density at radius 3 is 2.77 bits per heavy atom. The van der Waals surface area contributed by atoms with Gasteiger partial charge >= 0.3 is 0 Å². The third kappa shape index (κ3) is 4.42. The molecule has 4 nitrogen and oxygen atoms in total. The van der Waals surface area contributed by atoms with Crippen LogP contribution in [-0.2, 0) is 6.54 Å². The highest BCUT2D eigenvalue weighted by Gasteiger charge is 2.10. The van der Waals surface area contributed by atoms with Gasteiger partial charge in [0.25, 0.3) is 0 Å². The number of hydrogen-bond acceptors (Lipinski definition) is 3. The molecule has 1 heterocycles. The van der Waals surface area contributed by atoms with Gasteiger partial charge in [0.05, 0.1) is 6.20 Å². The first-order chi connectivity index (χ1) is 10.8. The molecule has 1 aromatic carbocycles. The highest BCUT2D eigenvalue weighted by atomic mass is 15.3. The Balaban J connectivity index is 2.08. The third-order valence-electron chi connectivity index (χ3n) is 3.98. The second-order valence-corrected chi connectivity index (χ2v) is 5.61. The summed E-state index contributed by atoms with van der Waals surface area (Å²) >= 11 is 0. The number of aromatic nitrogens is 2. The zero-order chi connectivity index (χ0) is 15.8. The lowest BCUT2D eigenvalue weighted by atomic mass is 10.0. The van der Waals surface area contributed by atoms with Crippen LogP contribution in [0.2, 0.25) is 0 Å². The Labute approximate surface area is 133 Å². The second-order valence-electron chi connectivity index (χ2n) is 5.61. The fraction of sp³-hybridized carbons (Fsp3) is 0.500. The van der Waals surface area contributed by atoms with Gasteiger partial charge in [-0.1, -0.05) is 31.5 Å². The van der Waals surface area contributed by atoms with Crippen LogP contribution in [-0.4, -0.2) is 29.9 Å². The zero-order valence-corrected chi connectivity index (χ0v) is 14.0. The van der Waals surface area contributed by atoms with Gasteiger partial charge in [0.2, 0.25) is 0 Å². The summed E-state index contributed by atoms with van der Waals surface area (Å²) in [5, 5.41) is 11.3. The minimum Gasteiger partial charge on any atom is -0.315 e. The van der Waals surface area contributed by atoms with E-state index in [0.717, 1.165) is 19.6 Å². The van der Waals surface area contributed by atoms with Crippen molar-refractivity contribution in [3.8, 4) is 11.1 Å². The van der Waals surface area contributed by atoms with Crippen LogP contribution in [0.5, 0.6) is 0 Å². The fourth-order valence-electron chi connectivity index (χ4n) is 2.56. The number of hydrogen-bond donors (Lipinski definition) is 2. The molecule has 1 atom stereocenters. The molecule has 0 spiro atoms. The van der Waals surface area contributed by atoms with Crippen LogP contribution >= 0.6 is 0 Å². The molecule has 0 fully saturated rings. The second kappa shape index (κ2) is 8.71. The normalized spacial score (nSPS) is 12.5. The molecule has 1 aromatic heterocycles. The Bertz CT molecular complexity index is 562. The Hall–Kier alpha value is -1.65. The maximum Gasteiger partial charge on any atom is 0.0568 e. The van der Waals surface area contributed by atoms with Gasteiger partial charge in [0, 0.05) is 30.9 Å². The molecule has 0 unspecified atom stereocenters. The molecule has 0 radical (unpaired) electrons. The number of aryl methyl sites for hydroxylation is 1. The summed E-state index contributed by atoms with van der Waals surface area (Å²) in [5.41, 5.74) is 3.72. The van der Waals surface area contributed by atoms with Crippen LogP contribution in [0.15, 0.2) is 36.7 Å². The van der Waals surface area contributed by atoms with Gasteiger partial charge in [-0.2, -0.15) is 5.10 Å². The highest BCUT2D eigenvalue weighted by Crippen LogP contribution is 2.22. The van der Waals surface area contributed by atoms with Crippen molar-refractivity contribution in [3.05, 3.63) is 42.2 Å². The molecule has 0 bridgehead atoms. The van der Waals surface area contributed by atoms with Crippen LogP contribution in [0.25, 0.3) is 11.1 Å². The summed E-state index contributed by atoms with van der Waals surface area (Å²) in [6.45, 7) is 7.26. The minimum atomic E-state index is 0.332. The van der Waals surface area contributed by atoms with E-state index in [4.69, 9.17) is 0 Å².